The summed E-state index contributed by atoms with van der Waals surface area (Å²) in [6.07, 6.45) is 1.66. The van der Waals surface area contributed by atoms with Crippen molar-refractivity contribution >= 4 is 10.0 Å². The second-order valence-electron chi connectivity index (χ2n) is 4.79. The van der Waals surface area contributed by atoms with Gasteiger partial charge in [0.25, 0.3) is 0 Å². The van der Waals surface area contributed by atoms with Gasteiger partial charge < -0.3 is 10.1 Å². The lowest BCUT2D eigenvalue weighted by atomic mass is 10.2. The molecular formula is C15H26N2O3S. The molecule has 0 fully saturated rings. The number of benzene rings is 1. The molecule has 0 aliphatic carbocycles. The minimum atomic E-state index is -3.42. The Morgan fingerprint density at radius 1 is 1.10 bits per heavy atom. The van der Waals surface area contributed by atoms with E-state index in [2.05, 4.69) is 10.0 Å². The van der Waals surface area contributed by atoms with Crippen LogP contribution in [0.4, 0.5) is 0 Å². The zero-order valence-electron chi connectivity index (χ0n) is 12.9. The lowest BCUT2D eigenvalue weighted by Gasteiger charge is -2.08. The van der Waals surface area contributed by atoms with Crippen molar-refractivity contribution in [2.24, 2.45) is 0 Å². The van der Waals surface area contributed by atoms with Crippen LogP contribution in [0.5, 0.6) is 0 Å². The van der Waals surface area contributed by atoms with Gasteiger partial charge in [0.15, 0.2) is 0 Å². The predicted molar refractivity (Wildman–Crippen MR) is 84.7 cm³/mol. The molecule has 0 bridgehead atoms. The molecule has 6 heteroatoms. The Labute approximate surface area is 128 Å². The molecule has 5 nitrogen and oxygen atoms in total. The minimum absolute atomic E-state index is 0.303. The smallest absolute Gasteiger partial charge is 0.240 e. The molecule has 0 spiro atoms. The highest BCUT2D eigenvalue weighted by Gasteiger charge is 2.12. The molecule has 0 radical (unpaired) electrons. The van der Waals surface area contributed by atoms with Gasteiger partial charge in [-0.15, -0.1) is 0 Å². The number of nitrogens with one attached hydrogen (secondary N) is 2. The molecule has 2 N–H and O–H groups in total. The molecule has 0 heterocycles. The van der Waals surface area contributed by atoms with Gasteiger partial charge in [-0.05, 0) is 37.1 Å². The van der Waals surface area contributed by atoms with Crippen molar-refractivity contribution in [3.63, 3.8) is 0 Å². The summed E-state index contributed by atoms with van der Waals surface area (Å²) in [5.41, 5.74) is 1.07. The highest BCUT2D eigenvalue weighted by molar-refractivity contribution is 7.89. The Bertz CT molecular complexity index is 486. The van der Waals surface area contributed by atoms with Crippen LogP contribution in [0.15, 0.2) is 29.2 Å². The van der Waals surface area contributed by atoms with Crippen molar-refractivity contribution in [1.82, 2.24) is 10.0 Å². The van der Waals surface area contributed by atoms with Gasteiger partial charge in [-0.1, -0.05) is 26.0 Å². The van der Waals surface area contributed by atoms with Crippen molar-refractivity contribution in [3.05, 3.63) is 29.8 Å². The zero-order valence-corrected chi connectivity index (χ0v) is 13.7. The lowest BCUT2D eigenvalue weighted by Crippen LogP contribution is -2.25. The summed E-state index contributed by atoms with van der Waals surface area (Å²) < 4.78 is 32.1. The summed E-state index contributed by atoms with van der Waals surface area (Å²) in [5.74, 6) is 0. The van der Waals surface area contributed by atoms with Gasteiger partial charge in [0.05, 0.1) is 4.90 Å². The SMILES string of the molecule is CCCOCCCNS(=O)(=O)c1ccc(CNCC)cc1. The topological polar surface area (TPSA) is 67.4 Å². The fourth-order valence-corrected chi connectivity index (χ4v) is 2.84. The molecule has 0 aliphatic rings. The van der Waals surface area contributed by atoms with Crippen LogP contribution >= 0.6 is 0 Å². The summed E-state index contributed by atoms with van der Waals surface area (Å²) >= 11 is 0. The van der Waals surface area contributed by atoms with E-state index in [1.54, 1.807) is 12.1 Å². The molecule has 0 amide bonds. The van der Waals surface area contributed by atoms with Gasteiger partial charge in [0.2, 0.25) is 10.0 Å². The highest BCUT2D eigenvalue weighted by Crippen LogP contribution is 2.10. The van der Waals surface area contributed by atoms with E-state index in [4.69, 9.17) is 4.74 Å². The standard InChI is InChI=1S/C15H26N2O3S/c1-3-11-20-12-5-10-17-21(18,19)15-8-6-14(7-9-15)13-16-4-2/h6-9,16-17H,3-5,10-13H2,1-2H3. The summed E-state index contributed by atoms with van der Waals surface area (Å²) in [6.45, 7) is 7.42. The molecule has 0 aromatic heterocycles. The van der Waals surface area contributed by atoms with Crippen molar-refractivity contribution in [1.29, 1.82) is 0 Å². The van der Waals surface area contributed by atoms with Crippen molar-refractivity contribution < 1.29 is 13.2 Å². The molecule has 1 aromatic carbocycles. The van der Waals surface area contributed by atoms with Gasteiger partial charge >= 0.3 is 0 Å². The van der Waals surface area contributed by atoms with Gasteiger partial charge in [-0.3, -0.25) is 0 Å². The minimum Gasteiger partial charge on any atom is -0.381 e. The Morgan fingerprint density at radius 3 is 2.43 bits per heavy atom. The molecule has 0 unspecified atom stereocenters. The quantitative estimate of drug-likeness (QED) is 0.612. The maximum Gasteiger partial charge on any atom is 0.240 e. The summed E-state index contributed by atoms with van der Waals surface area (Å²) in [6, 6.07) is 6.95. The monoisotopic (exact) mass is 314 g/mol. The van der Waals surface area contributed by atoms with E-state index in [0.717, 1.165) is 31.7 Å². The zero-order chi connectivity index (χ0) is 15.6. The maximum atomic E-state index is 12.1. The molecular weight excluding hydrogens is 288 g/mol. The molecule has 21 heavy (non-hydrogen) atoms. The highest BCUT2D eigenvalue weighted by atomic mass is 32.2. The number of hydrogen-bond acceptors (Lipinski definition) is 4. The van der Waals surface area contributed by atoms with Gasteiger partial charge in [0.1, 0.15) is 0 Å². The van der Waals surface area contributed by atoms with Crippen LogP contribution in [-0.4, -0.2) is 34.7 Å². The van der Waals surface area contributed by atoms with Gasteiger partial charge in [-0.2, -0.15) is 0 Å². The van der Waals surface area contributed by atoms with E-state index in [0.29, 0.717) is 24.5 Å². The van der Waals surface area contributed by atoms with E-state index in [1.165, 1.54) is 0 Å². The number of ether oxygens (including phenoxy) is 1. The fraction of sp³-hybridized carbons (Fsp3) is 0.600. The fourth-order valence-electron chi connectivity index (χ4n) is 1.77. The number of rotatable bonds is 11. The first kappa shape index (κ1) is 18.1. The predicted octanol–water partition coefficient (Wildman–Crippen LogP) is 1.89. The van der Waals surface area contributed by atoms with E-state index in [-0.39, 0.29) is 0 Å². The Hall–Kier alpha value is -0.950. The first-order valence-corrected chi connectivity index (χ1v) is 8.95. The summed E-state index contributed by atoms with van der Waals surface area (Å²) in [4.78, 5) is 0.303. The van der Waals surface area contributed by atoms with E-state index in [9.17, 15) is 8.42 Å². The summed E-state index contributed by atoms with van der Waals surface area (Å²) in [5, 5.41) is 3.20. The van der Waals surface area contributed by atoms with Crippen LogP contribution in [0, 0.1) is 0 Å². The van der Waals surface area contributed by atoms with E-state index >= 15 is 0 Å². The van der Waals surface area contributed by atoms with Gasteiger partial charge in [-0.25, -0.2) is 13.1 Å². The second-order valence-corrected chi connectivity index (χ2v) is 6.55. The molecule has 1 rings (SSSR count). The number of sulfonamides is 1. The molecule has 0 atom stereocenters. The third-order valence-electron chi connectivity index (χ3n) is 2.92. The average molecular weight is 314 g/mol. The molecule has 0 aliphatic heterocycles. The van der Waals surface area contributed by atoms with Crippen LogP contribution in [0.1, 0.15) is 32.3 Å². The van der Waals surface area contributed by atoms with Crippen LogP contribution in [0.25, 0.3) is 0 Å². The normalized spacial score (nSPS) is 11.7. The van der Waals surface area contributed by atoms with E-state index < -0.39 is 10.0 Å². The molecule has 0 saturated carbocycles. The first-order chi connectivity index (χ1) is 10.1. The van der Waals surface area contributed by atoms with Crippen LogP contribution < -0.4 is 10.0 Å². The van der Waals surface area contributed by atoms with Crippen molar-refractivity contribution in [2.75, 3.05) is 26.3 Å². The lowest BCUT2D eigenvalue weighted by molar-refractivity contribution is 0.133. The first-order valence-electron chi connectivity index (χ1n) is 7.47. The third kappa shape index (κ3) is 7.04. The largest absolute Gasteiger partial charge is 0.381 e. The van der Waals surface area contributed by atoms with Crippen LogP contribution in [0.3, 0.4) is 0 Å². The van der Waals surface area contributed by atoms with Gasteiger partial charge in [0, 0.05) is 26.3 Å². The summed E-state index contributed by atoms with van der Waals surface area (Å²) in [7, 11) is -3.42. The molecule has 0 saturated heterocycles. The third-order valence-corrected chi connectivity index (χ3v) is 4.40. The molecule has 120 valence electrons. The van der Waals surface area contributed by atoms with Crippen molar-refractivity contribution in [2.45, 2.75) is 38.1 Å². The van der Waals surface area contributed by atoms with Crippen molar-refractivity contribution in [3.8, 4) is 0 Å². The Kier molecular flexibility index (Phi) is 8.52. The van der Waals surface area contributed by atoms with Crippen LogP contribution in [-0.2, 0) is 21.3 Å². The average Bonchev–Trinajstić information content (AvgIpc) is 2.49. The Morgan fingerprint density at radius 2 is 1.81 bits per heavy atom. The number of hydrogen-bond donors (Lipinski definition) is 2. The Balaban J connectivity index is 2.42. The van der Waals surface area contributed by atoms with Crippen LogP contribution in [0.2, 0.25) is 0 Å². The van der Waals surface area contributed by atoms with E-state index in [1.807, 2.05) is 26.0 Å². The second kappa shape index (κ2) is 9.89. The maximum absolute atomic E-state index is 12.1. The molecule has 1 aromatic rings.